The molecule has 1 N–H and O–H groups in total. The van der Waals surface area contributed by atoms with Crippen molar-refractivity contribution in [2.75, 3.05) is 6.54 Å². The molecule has 1 amide bonds. The maximum atomic E-state index is 12.0. The first-order chi connectivity index (χ1) is 12.4. The van der Waals surface area contributed by atoms with Gasteiger partial charge in [-0.15, -0.1) is 0 Å². The van der Waals surface area contributed by atoms with Crippen LogP contribution in [0.3, 0.4) is 0 Å². The Balaban J connectivity index is 2.46. The number of amides is 1. The van der Waals surface area contributed by atoms with Gasteiger partial charge in [-0.3, -0.25) is 14.9 Å². The molecule has 0 fully saturated rings. The fourth-order valence-electron chi connectivity index (χ4n) is 2.71. The number of nitro groups is 1. The summed E-state index contributed by atoms with van der Waals surface area (Å²) in [6.07, 6.45) is 2.33. The summed E-state index contributed by atoms with van der Waals surface area (Å²) in [7, 11) is 0. The number of hydrogen-bond acceptors (Lipinski definition) is 4. The lowest BCUT2D eigenvalue weighted by molar-refractivity contribution is -0.384. The van der Waals surface area contributed by atoms with Crippen LogP contribution in [0.4, 0.5) is 5.69 Å². The van der Waals surface area contributed by atoms with Crippen LogP contribution in [0.1, 0.15) is 30.3 Å². The molecule has 0 spiro atoms. The first-order valence-electron chi connectivity index (χ1n) is 8.22. The van der Waals surface area contributed by atoms with Crippen LogP contribution in [0.15, 0.2) is 35.9 Å². The molecule has 0 unspecified atom stereocenters. The summed E-state index contributed by atoms with van der Waals surface area (Å²) in [5, 5.41) is 23.0. The van der Waals surface area contributed by atoms with E-state index < -0.39 is 10.8 Å². The van der Waals surface area contributed by atoms with Gasteiger partial charge in [-0.2, -0.15) is 5.26 Å². The first kappa shape index (κ1) is 18.9. The number of nitro benzene ring substituents is 1. The van der Waals surface area contributed by atoms with Gasteiger partial charge in [0.05, 0.1) is 10.6 Å². The summed E-state index contributed by atoms with van der Waals surface area (Å²) in [5.41, 5.74) is 3.04. The molecule has 0 bridgehead atoms. The largest absolute Gasteiger partial charge is 0.351 e. The Morgan fingerprint density at radius 1 is 1.38 bits per heavy atom. The number of carbonyl (C=O) groups is 1. The van der Waals surface area contributed by atoms with E-state index in [9.17, 15) is 20.2 Å². The number of carbonyl (C=O) groups excluding carboxylic acids is 1. The van der Waals surface area contributed by atoms with Crippen molar-refractivity contribution in [3.05, 3.63) is 63.0 Å². The lowest BCUT2D eigenvalue weighted by atomic mass is 10.1. The second-order valence-corrected chi connectivity index (χ2v) is 5.86. The van der Waals surface area contributed by atoms with Crippen LogP contribution in [0, 0.1) is 35.3 Å². The van der Waals surface area contributed by atoms with Crippen molar-refractivity contribution in [2.45, 2.75) is 27.2 Å². The van der Waals surface area contributed by atoms with Gasteiger partial charge in [0.1, 0.15) is 11.6 Å². The molecule has 1 heterocycles. The minimum atomic E-state index is -0.440. The van der Waals surface area contributed by atoms with Crippen molar-refractivity contribution >= 4 is 17.7 Å². The van der Waals surface area contributed by atoms with Gasteiger partial charge < -0.3 is 9.88 Å². The summed E-state index contributed by atoms with van der Waals surface area (Å²) in [6.45, 7) is 6.15. The van der Waals surface area contributed by atoms with Gasteiger partial charge in [-0.1, -0.05) is 13.0 Å². The van der Waals surface area contributed by atoms with E-state index >= 15 is 0 Å². The molecule has 0 radical (unpaired) electrons. The van der Waals surface area contributed by atoms with Gasteiger partial charge in [0.25, 0.3) is 11.6 Å². The Kier molecular flexibility index (Phi) is 5.91. The molecule has 1 aromatic carbocycles. The number of non-ortho nitro benzene ring substituents is 1. The second kappa shape index (κ2) is 8.12. The summed E-state index contributed by atoms with van der Waals surface area (Å²) in [5.74, 6) is -0.408. The maximum Gasteiger partial charge on any atom is 0.271 e. The predicted octanol–water partition coefficient (Wildman–Crippen LogP) is 3.44. The SMILES string of the molecule is CCCNC(=O)/C(C#N)=C/c1cc(C)n(-c2cccc([N+](=O)[O-])c2)c1C. The quantitative estimate of drug-likeness (QED) is 0.372. The smallest absolute Gasteiger partial charge is 0.271 e. The highest BCUT2D eigenvalue weighted by Gasteiger charge is 2.15. The molecule has 2 aromatic rings. The minimum absolute atomic E-state index is 0.00347. The van der Waals surface area contributed by atoms with E-state index in [2.05, 4.69) is 5.32 Å². The zero-order valence-corrected chi connectivity index (χ0v) is 14.9. The van der Waals surface area contributed by atoms with Crippen LogP contribution >= 0.6 is 0 Å². The maximum absolute atomic E-state index is 12.0. The fraction of sp³-hybridized carbons (Fsp3) is 0.263. The van der Waals surface area contributed by atoms with Crippen molar-refractivity contribution in [3.8, 4) is 11.8 Å². The van der Waals surface area contributed by atoms with E-state index in [1.807, 2.05) is 37.5 Å². The number of aryl methyl sites for hydroxylation is 1. The standard InChI is InChI=1S/C19H20N4O3/c1-4-8-21-19(24)16(12-20)10-15-9-13(2)22(14(15)3)17-6-5-7-18(11-17)23(25)26/h5-7,9-11H,4,8H2,1-3H3,(H,21,24)/b16-10+. The number of benzene rings is 1. The minimum Gasteiger partial charge on any atom is -0.351 e. The molecule has 2 rings (SSSR count). The van der Waals surface area contributed by atoms with E-state index in [0.29, 0.717) is 12.2 Å². The zero-order chi connectivity index (χ0) is 19.3. The first-order valence-corrected chi connectivity index (χ1v) is 8.22. The lowest BCUT2D eigenvalue weighted by Gasteiger charge is -2.09. The molecule has 7 heteroatoms. The molecule has 0 saturated carbocycles. The van der Waals surface area contributed by atoms with Crippen LogP contribution in [-0.2, 0) is 4.79 Å². The van der Waals surface area contributed by atoms with Gasteiger partial charge in [0, 0.05) is 30.1 Å². The molecule has 0 saturated heterocycles. The number of aromatic nitrogens is 1. The Morgan fingerprint density at radius 2 is 2.12 bits per heavy atom. The van der Waals surface area contributed by atoms with E-state index in [0.717, 1.165) is 23.4 Å². The summed E-state index contributed by atoms with van der Waals surface area (Å²) in [4.78, 5) is 22.6. The van der Waals surface area contributed by atoms with Crippen molar-refractivity contribution < 1.29 is 9.72 Å². The monoisotopic (exact) mass is 352 g/mol. The molecule has 134 valence electrons. The molecule has 0 aliphatic carbocycles. The van der Waals surface area contributed by atoms with Gasteiger partial charge in [0.15, 0.2) is 0 Å². The third kappa shape index (κ3) is 3.98. The number of nitriles is 1. The molecule has 0 aliphatic rings. The third-order valence-electron chi connectivity index (χ3n) is 3.97. The topological polar surface area (TPSA) is 101 Å². The third-order valence-corrected chi connectivity index (χ3v) is 3.97. The molecular weight excluding hydrogens is 332 g/mol. The number of rotatable bonds is 6. The molecule has 26 heavy (non-hydrogen) atoms. The van der Waals surface area contributed by atoms with E-state index in [4.69, 9.17) is 0 Å². The van der Waals surface area contributed by atoms with Gasteiger partial charge in [-0.25, -0.2) is 0 Å². The fourth-order valence-corrected chi connectivity index (χ4v) is 2.71. The molecule has 0 atom stereocenters. The molecule has 0 aliphatic heterocycles. The zero-order valence-electron chi connectivity index (χ0n) is 14.9. The highest BCUT2D eigenvalue weighted by atomic mass is 16.6. The van der Waals surface area contributed by atoms with Crippen LogP contribution in [0.2, 0.25) is 0 Å². The normalized spacial score (nSPS) is 11.1. The highest BCUT2D eigenvalue weighted by molar-refractivity contribution is 6.01. The predicted molar refractivity (Wildman–Crippen MR) is 98.8 cm³/mol. The van der Waals surface area contributed by atoms with Gasteiger partial charge in [0.2, 0.25) is 0 Å². The van der Waals surface area contributed by atoms with Crippen LogP contribution in [0.25, 0.3) is 11.8 Å². The molecule has 7 nitrogen and oxygen atoms in total. The Hall–Kier alpha value is -3.40. The summed E-state index contributed by atoms with van der Waals surface area (Å²) in [6, 6.07) is 10.1. The Morgan fingerprint density at radius 3 is 2.73 bits per heavy atom. The summed E-state index contributed by atoms with van der Waals surface area (Å²) < 4.78 is 1.86. The van der Waals surface area contributed by atoms with Gasteiger partial charge in [-0.05, 0) is 44.0 Å². The van der Waals surface area contributed by atoms with E-state index in [1.54, 1.807) is 18.2 Å². The van der Waals surface area contributed by atoms with Crippen molar-refractivity contribution in [1.82, 2.24) is 9.88 Å². The van der Waals surface area contributed by atoms with E-state index in [1.165, 1.54) is 12.1 Å². The van der Waals surface area contributed by atoms with Crippen molar-refractivity contribution in [2.24, 2.45) is 0 Å². The number of nitrogens with one attached hydrogen (secondary N) is 1. The number of hydrogen-bond donors (Lipinski definition) is 1. The van der Waals surface area contributed by atoms with Crippen LogP contribution < -0.4 is 5.32 Å². The summed E-state index contributed by atoms with van der Waals surface area (Å²) >= 11 is 0. The van der Waals surface area contributed by atoms with E-state index in [-0.39, 0.29) is 11.3 Å². The Bertz CT molecular complexity index is 919. The average Bonchev–Trinajstić information content (AvgIpc) is 2.90. The molecular formula is C19H20N4O3. The highest BCUT2D eigenvalue weighted by Crippen LogP contribution is 2.25. The Labute approximate surface area is 151 Å². The van der Waals surface area contributed by atoms with Crippen molar-refractivity contribution in [3.63, 3.8) is 0 Å². The van der Waals surface area contributed by atoms with Crippen LogP contribution in [-0.4, -0.2) is 21.9 Å². The van der Waals surface area contributed by atoms with Crippen molar-refractivity contribution in [1.29, 1.82) is 5.26 Å². The molecule has 1 aromatic heterocycles. The number of nitrogens with zero attached hydrogens (tertiary/aromatic N) is 3. The second-order valence-electron chi connectivity index (χ2n) is 5.86. The average molecular weight is 352 g/mol. The van der Waals surface area contributed by atoms with Crippen LogP contribution in [0.5, 0.6) is 0 Å². The lowest BCUT2D eigenvalue weighted by Crippen LogP contribution is -2.25. The van der Waals surface area contributed by atoms with Gasteiger partial charge >= 0.3 is 0 Å².